The van der Waals surface area contributed by atoms with Crippen LogP contribution in [0.4, 0.5) is 0 Å². The molecule has 0 saturated carbocycles. The largest absolute Gasteiger partial charge is 0.497 e. The minimum Gasteiger partial charge on any atom is -0.497 e. The van der Waals surface area contributed by atoms with E-state index in [4.69, 9.17) is 4.74 Å². The topological polar surface area (TPSA) is 80.8 Å². The van der Waals surface area contributed by atoms with E-state index in [9.17, 15) is 18.0 Å². The van der Waals surface area contributed by atoms with Crippen LogP contribution in [0, 0.1) is 6.92 Å². The van der Waals surface area contributed by atoms with Crippen LogP contribution in [0.3, 0.4) is 0 Å². The molecule has 1 amide bonds. The molecule has 3 rings (SSSR count). The molecule has 1 aliphatic heterocycles. The van der Waals surface area contributed by atoms with E-state index in [1.54, 1.807) is 36.4 Å². The normalized spacial score (nSPS) is 21.7. The van der Waals surface area contributed by atoms with E-state index in [2.05, 4.69) is 0 Å². The summed E-state index contributed by atoms with van der Waals surface area (Å²) in [5.41, 5.74) is 1.72. The van der Waals surface area contributed by atoms with Gasteiger partial charge in [0, 0.05) is 12.6 Å². The molecule has 2 aromatic carbocycles. The van der Waals surface area contributed by atoms with Crippen molar-refractivity contribution in [2.75, 3.05) is 14.2 Å². The molecule has 0 unspecified atom stereocenters. The van der Waals surface area contributed by atoms with Gasteiger partial charge in [0.25, 0.3) is 0 Å². The Morgan fingerprint density at radius 1 is 1.04 bits per heavy atom. The summed E-state index contributed by atoms with van der Waals surface area (Å²) in [5, 5.41) is -1.48. The predicted molar refractivity (Wildman–Crippen MR) is 96.7 cm³/mol. The first-order chi connectivity index (χ1) is 12.3. The van der Waals surface area contributed by atoms with Crippen LogP contribution in [0.5, 0.6) is 5.75 Å². The number of carbonyl (C=O) groups excluding carboxylic acids is 2. The SMILES string of the molecule is COc1ccc(C(=O)[C@H]2[C@H](c3ccc(C)cc3)C(=O)N(C)S2(=O)=O)cc1. The lowest BCUT2D eigenvalue weighted by molar-refractivity contribution is -0.125. The van der Waals surface area contributed by atoms with E-state index in [1.807, 2.05) is 6.92 Å². The zero-order valence-corrected chi connectivity index (χ0v) is 15.5. The minimum atomic E-state index is -4.08. The Morgan fingerprint density at radius 3 is 2.15 bits per heavy atom. The standard InChI is InChI=1S/C19H19NO5S/c1-12-4-6-13(7-5-12)16-18(26(23,24)20(2)19(16)22)17(21)14-8-10-15(25-3)11-9-14/h4-11,16,18H,1-3H3/t16-,18+/m0/s1. The molecular weight excluding hydrogens is 354 g/mol. The monoisotopic (exact) mass is 373 g/mol. The van der Waals surface area contributed by atoms with Crippen molar-refractivity contribution in [3.8, 4) is 5.75 Å². The molecule has 1 fully saturated rings. The molecular formula is C19H19NO5S. The average molecular weight is 373 g/mol. The Morgan fingerprint density at radius 2 is 1.62 bits per heavy atom. The summed E-state index contributed by atoms with van der Waals surface area (Å²) in [4.78, 5) is 25.6. The van der Waals surface area contributed by atoms with Crippen LogP contribution in [0.2, 0.25) is 0 Å². The Labute approximate surface area is 152 Å². The van der Waals surface area contributed by atoms with Gasteiger partial charge in [0.2, 0.25) is 15.9 Å². The van der Waals surface area contributed by atoms with Gasteiger partial charge in [-0.05, 0) is 36.8 Å². The molecule has 2 aromatic rings. The van der Waals surface area contributed by atoms with Crippen molar-refractivity contribution in [1.82, 2.24) is 4.31 Å². The quantitative estimate of drug-likeness (QED) is 0.767. The van der Waals surface area contributed by atoms with Crippen LogP contribution >= 0.6 is 0 Å². The summed E-state index contributed by atoms with van der Waals surface area (Å²) in [7, 11) is -1.39. The van der Waals surface area contributed by atoms with Gasteiger partial charge in [0.05, 0.1) is 13.0 Å². The number of Topliss-reactive ketones (excluding diaryl/α,β-unsaturated/α-hetero) is 1. The summed E-state index contributed by atoms with van der Waals surface area (Å²) in [6.45, 7) is 1.89. The molecule has 136 valence electrons. The van der Waals surface area contributed by atoms with Crippen molar-refractivity contribution in [2.24, 2.45) is 0 Å². The van der Waals surface area contributed by atoms with Gasteiger partial charge in [-0.15, -0.1) is 0 Å². The second kappa shape index (κ2) is 6.57. The number of ether oxygens (including phenoxy) is 1. The number of sulfonamides is 1. The van der Waals surface area contributed by atoms with Gasteiger partial charge in [0.1, 0.15) is 5.75 Å². The fourth-order valence-electron chi connectivity index (χ4n) is 3.09. The lowest BCUT2D eigenvalue weighted by Gasteiger charge is -2.15. The maximum atomic E-state index is 13.0. The molecule has 0 spiro atoms. The number of amides is 1. The summed E-state index contributed by atoms with van der Waals surface area (Å²) in [6, 6.07) is 13.2. The number of ketones is 1. The second-order valence-corrected chi connectivity index (χ2v) is 8.34. The lowest BCUT2D eigenvalue weighted by atomic mass is 9.90. The summed E-state index contributed by atoms with van der Waals surface area (Å²) >= 11 is 0. The Kier molecular flexibility index (Phi) is 4.58. The van der Waals surface area contributed by atoms with Crippen LogP contribution in [-0.2, 0) is 14.8 Å². The summed E-state index contributed by atoms with van der Waals surface area (Å²) < 4.78 is 31.2. The van der Waals surface area contributed by atoms with E-state index in [1.165, 1.54) is 26.3 Å². The fourth-order valence-corrected chi connectivity index (χ4v) is 4.82. The second-order valence-electron chi connectivity index (χ2n) is 6.25. The molecule has 26 heavy (non-hydrogen) atoms. The third-order valence-corrected chi connectivity index (χ3v) is 6.72. The Balaban J connectivity index is 2.08. The van der Waals surface area contributed by atoms with Crippen molar-refractivity contribution in [1.29, 1.82) is 0 Å². The number of rotatable bonds is 4. The molecule has 0 radical (unpaired) electrons. The van der Waals surface area contributed by atoms with E-state index in [0.717, 1.165) is 5.56 Å². The van der Waals surface area contributed by atoms with Gasteiger partial charge < -0.3 is 4.74 Å². The molecule has 1 heterocycles. The Hall–Kier alpha value is -2.67. The fraction of sp³-hybridized carbons (Fsp3) is 0.263. The molecule has 0 bridgehead atoms. The molecule has 1 saturated heterocycles. The lowest BCUT2D eigenvalue weighted by Crippen LogP contribution is -2.33. The van der Waals surface area contributed by atoms with Crippen molar-refractivity contribution in [2.45, 2.75) is 18.1 Å². The number of nitrogens with zero attached hydrogens (tertiary/aromatic N) is 1. The number of carbonyl (C=O) groups is 2. The number of methoxy groups -OCH3 is 1. The van der Waals surface area contributed by atoms with Gasteiger partial charge in [-0.2, -0.15) is 0 Å². The first kappa shape index (κ1) is 18.1. The van der Waals surface area contributed by atoms with E-state index >= 15 is 0 Å². The number of likely N-dealkylation sites (N-methyl/N-ethyl adjacent to an activating group) is 1. The van der Waals surface area contributed by atoms with E-state index in [-0.39, 0.29) is 5.56 Å². The van der Waals surface area contributed by atoms with E-state index < -0.39 is 32.9 Å². The van der Waals surface area contributed by atoms with E-state index in [0.29, 0.717) is 15.6 Å². The van der Waals surface area contributed by atoms with Gasteiger partial charge in [-0.1, -0.05) is 29.8 Å². The number of hydrogen-bond donors (Lipinski definition) is 0. The zero-order chi connectivity index (χ0) is 19.1. The summed E-state index contributed by atoms with van der Waals surface area (Å²) in [6.07, 6.45) is 0. The number of hydrogen-bond acceptors (Lipinski definition) is 5. The highest BCUT2D eigenvalue weighted by Crippen LogP contribution is 2.37. The third kappa shape index (κ3) is 2.88. The predicted octanol–water partition coefficient (Wildman–Crippen LogP) is 2.14. The highest BCUT2D eigenvalue weighted by atomic mass is 32.2. The zero-order valence-electron chi connectivity index (χ0n) is 14.7. The van der Waals surface area contributed by atoms with Gasteiger partial charge in [-0.25, -0.2) is 12.7 Å². The van der Waals surface area contributed by atoms with Crippen molar-refractivity contribution in [3.63, 3.8) is 0 Å². The molecule has 2 atom stereocenters. The maximum absolute atomic E-state index is 13.0. The van der Waals surface area contributed by atoms with Gasteiger partial charge in [-0.3, -0.25) is 9.59 Å². The molecule has 7 heteroatoms. The smallest absolute Gasteiger partial charge is 0.248 e. The average Bonchev–Trinajstić information content (AvgIpc) is 2.82. The van der Waals surface area contributed by atoms with Gasteiger partial charge >= 0.3 is 0 Å². The molecule has 0 aliphatic carbocycles. The van der Waals surface area contributed by atoms with Crippen molar-refractivity contribution in [3.05, 3.63) is 65.2 Å². The first-order valence-corrected chi connectivity index (χ1v) is 9.54. The minimum absolute atomic E-state index is 0.222. The van der Waals surface area contributed by atoms with Crippen LogP contribution in [0.15, 0.2) is 48.5 Å². The van der Waals surface area contributed by atoms with Crippen LogP contribution in [0.25, 0.3) is 0 Å². The number of aryl methyl sites for hydroxylation is 1. The Bertz CT molecular complexity index is 948. The van der Waals surface area contributed by atoms with Crippen LogP contribution in [-0.4, -0.2) is 43.8 Å². The maximum Gasteiger partial charge on any atom is 0.248 e. The van der Waals surface area contributed by atoms with Crippen LogP contribution in [0.1, 0.15) is 27.4 Å². The highest BCUT2D eigenvalue weighted by Gasteiger charge is 2.55. The molecule has 0 aromatic heterocycles. The van der Waals surface area contributed by atoms with Crippen molar-refractivity contribution >= 4 is 21.7 Å². The van der Waals surface area contributed by atoms with Gasteiger partial charge in [0.15, 0.2) is 11.0 Å². The summed E-state index contributed by atoms with van der Waals surface area (Å²) in [5.74, 6) is -1.70. The highest BCUT2D eigenvalue weighted by molar-refractivity contribution is 7.91. The number of benzene rings is 2. The van der Waals surface area contributed by atoms with Crippen LogP contribution < -0.4 is 4.74 Å². The molecule has 6 nitrogen and oxygen atoms in total. The first-order valence-electron chi connectivity index (χ1n) is 8.04. The third-order valence-electron chi connectivity index (χ3n) is 4.65. The van der Waals surface area contributed by atoms with Crippen molar-refractivity contribution < 1.29 is 22.7 Å². The molecule has 1 aliphatic rings. The molecule has 0 N–H and O–H groups in total.